The number of benzene rings is 1. The van der Waals surface area contributed by atoms with E-state index in [-0.39, 0.29) is 5.78 Å². The third-order valence-electron chi connectivity index (χ3n) is 3.32. The number of carbonyl (C=O) groups is 1. The summed E-state index contributed by atoms with van der Waals surface area (Å²) in [6.07, 6.45) is 4.98. The van der Waals surface area contributed by atoms with Crippen molar-refractivity contribution in [1.29, 1.82) is 0 Å². The number of hydrogen-bond acceptors (Lipinski definition) is 3. The monoisotopic (exact) mass is 233 g/mol. The number of hydrogen-bond donors (Lipinski definition) is 1. The topological polar surface area (TPSA) is 38.3 Å². The summed E-state index contributed by atoms with van der Waals surface area (Å²) in [7, 11) is 1.62. The number of rotatable bonds is 5. The van der Waals surface area contributed by atoms with Crippen LogP contribution in [-0.4, -0.2) is 25.5 Å². The average molecular weight is 233 g/mol. The smallest absolute Gasteiger partial charge is 0.176 e. The molecule has 1 aromatic carbocycles. The maximum Gasteiger partial charge on any atom is 0.176 e. The van der Waals surface area contributed by atoms with Crippen LogP contribution in [0.4, 0.5) is 0 Å². The van der Waals surface area contributed by atoms with E-state index in [4.69, 9.17) is 4.74 Å². The van der Waals surface area contributed by atoms with Gasteiger partial charge in [0.15, 0.2) is 5.78 Å². The second kappa shape index (κ2) is 5.82. The molecule has 2 rings (SSSR count). The van der Waals surface area contributed by atoms with Crippen LogP contribution in [-0.2, 0) is 0 Å². The third kappa shape index (κ3) is 3.30. The zero-order valence-corrected chi connectivity index (χ0v) is 10.2. The number of ketones is 1. The van der Waals surface area contributed by atoms with E-state index in [0.29, 0.717) is 12.6 Å². The Morgan fingerprint density at radius 1 is 1.29 bits per heavy atom. The van der Waals surface area contributed by atoms with Gasteiger partial charge in [-0.1, -0.05) is 12.8 Å². The van der Waals surface area contributed by atoms with Crippen molar-refractivity contribution in [3.8, 4) is 5.75 Å². The molecule has 1 aliphatic carbocycles. The lowest BCUT2D eigenvalue weighted by atomic mass is 10.1. The molecule has 0 amide bonds. The summed E-state index contributed by atoms with van der Waals surface area (Å²) in [6, 6.07) is 7.82. The molecule has 0 unspecified atom stereocenters. The Bertz CT molecular complexity index is 366. The Kier molecular flexibility index (Phi) is 4.15. The molecule has 0 aromatic heterocycles. The summed E-state index contributed by atoms with van der Waals surface area (Å²) < 4.78 is 5.06. The van der Waals surface area contributed by atoms with E-state index in [1.165, 1.54) is 25.7 Å². The van der Waals surface area contributed by atoms with E-state index < -0.39 is 0 Å². The Balaban J connectivity index is 1.85. The molecule has 92 valence electrons. The lowest BCUT2D eigenvalue weighted by Gasteiger charge is -2.10. The second-order valence-electron chi connectivity index (χ2n) is 4.51. The van der Waals surface area contributed by atoms with Gasteiger partial charge in [-0.3, -0.25) is 4.79 Å². The maximum absolute atomic E-state index is 11.9. The normalized spacial score (nSPS) is 16.1. The van der Waals surface area contributed by atoms with Gasteiger partial charge in [0, 0.05) is 11.6 Å². The SMILES string of the molecule is COc1ccc(C(=O)CNC2CCCC2)cc1. The van der Waals surface area contributed by atoms with E-state index in [0.717, 1.165) is 11.3 Å². The standard InChI is InChI=1S/C14H19NO2/c1-17-13-8-6-11(7-9-13)14(16)10-15-12-4-2-3-5-12/h6-9,12,15H,2-5,10H2,1H3. The number of nitrogens with one attached hydrogen (secondary N) is 1. The second-order valence-corrected chi connectivity index (χ2v) is 4.51. The minimum atomic E-state index is 0.152. The molecule has 3 heteroatoms. The van der Waals surface area contributed by atoms with Crippen LogP contribution in [0, 0.1) is 0 Å². The number of ether oxygens (including phenoxy) is 1. The van der Waals surface area contributed by atoms with Crippen LogP contribution in [0.1, 0.15) is 36.0 Å². The molecule has 0 heterocycles. The van der Waals surface area contributed by atoms with Crippen LogP contribution >= 0.6 is 0 Å². The van der Waals surface area contributed by atoms with Crippen LogP contribution in [0.15, 0.2) is 24.3 Å². The van der Waals surface area contributed by atoms with Crippen molar-refractivity contribution in [1.82, 2.24) is 5.32 Å². The molecule has 0 atom stereocenters. The van der Waals surface area contributed by atoms with Crippen molar-refractivity contribution < 1.29 is 9.53 Å². The van der Waals surface area contributed by atoms with Gasteiger partial charge in [0.1, 0.15) is 5.75 Å². The first-order valence-corrected chi connectivity index (χ1v) is 6.20. The van der Waals surface area contributed by atoms with Crippen LogP contribution in [0.5, 0.6) is 5.75 Å². The summed E-state index contributed by atoms with van der Waals surface area (Å²) in [6.45, 7) is 0.441. The van der Waals surface area contributed by atoms with Crippen LogP contribution in [0.2, 0.25) is 0 Å². The van der Waals surface area contributed by atoms with E-state index in [9.17, 15) is 4.79 Å². The molecule has 1 N–H and O–H groups in total. The quantitative estimate of drug-likeness (QED) is 0.794. The maximum atomic E-state index is 11.9. The highest BCUT2D eigenvalue weighted by atomic mass is 16.5. The van der Waals surface area contributed by atoms with Crippen molar-refractivity contribution in [2.75, 3.05) is 13.7 Å². The minimum absolute atomic E-state index is 0.152. The summed E-state index contributed by atoms with van der Waals surface area (Å²) in [5.41, 5.74) is 0.747. The zero-order chi connectivity index (χ0) is 12.1. The van der Waals surface area contributed by atoms with Gasteiger partial charge in [0.05, 0.1) is 13.7 Å². The van der Waals surface area contributed by atoms with E-state index in [1.807, 2.05) is 24.3 Å². The molecule has 0 bridgehead atoms. The Labute approximate surface area is 102 Å². The van der Waals surface area contributed by atoms with Gasteiger partial charge in [-0.05, 0) is 37.1 Å². The highest BCUT2D eigenvalue weighted by Crippen LogP contribution is 2.17. The molecule has 3 nitrogen and oxygen atoms in total. The Hall–Kier alpha value is -1.35. The van der Waals surface area contributed by atoms with E-state index >= 15 is 0 Å². The fourth-order valence-corrected chi connectivity index (χ4v) is 2.25. The van der Waals surface area contributed by atoms with Gasteiger partial charge >= 0.3 is 0 Å². The van der Waals surface area contributed by atoms with Crippen molar-refractivity contribution >= 4 is 5.78 Å². The molecule has 0 aliphatic heterocycles. The molecule has 1 saturated carbocycles. The molecular weight excluding hydrogens is 214 g/mol. The molecule has 0 spiro atoms. The molecule has 0 radical (unpaired) electrons. The van der Waals surface area contributed by atoms with E-state index in [2.05, 4.69) is 5.32 Å². The van der Waals surface area contributed by atoms with Crippen molar-refractivity contribution in [3.05, 3.63) is 29.8 Å². The lowest BCUT2D eigenvalue weighted by molar-refractivity contribution is 0.0987. The van der Waals surface area contributed by atoms with Gasteiger partial charge in [0.2, 0.25) is 0 Å². The van der Waals surface area contributed by atoms with Gasteiger partial charge in [-0.2, -0.15) is 0 Å². The predicted octanol–water partition coefficient (Wildman–Crippen LogP) is 2.41. The Morgan fingerprint density at radius 3 is 2.53 bits per heavy atom. The molecule has 1 fully saturated rings. The van der Waals surface area contributed by atoms with Gasteiger partial charge in [0.25, 0.3) is 0 Å². The molecular formula is C14H19NO2. The minimum Gasteiger partial charge on any atom is -0.497 e. The molecule has 1 aliphatic rings. The van der Waals surface area contributed by atoms with Crippen molar-refractivity contribution in [2.45, 2.75) is 31.7 Å². The lowest BCUT2D eigenvalue weighted by Crippen LogP contribution is -2.31. The summed E-state index contributed by atoms with van der Waals surface area (Å²) in [5, 5.41) is 3.33. The fourth-order valence-electron chi connectivity index (χ4n) is 2.25. The third-order valence-corrected chi connectivity index (χ3v) is 3.32. The Morgan fingerprint density at radius 2 is 1.94 bits per heavy atom. The van der Waals surface area contributed by atoms with Gasteiger partial charge < -0.3 is 10.1 Å². The van der Waals surface area contributed by atoms with Crippen molar-refractivity contribution in [2.24, 2.45) is 0 Å². The van der Waals surface area contributed by atoms with Crippen LogP contribution < -0.4 is 10.1 Å². The highest BCUT2D eigenvalue weighted by molar-refractivity contribution is 5.97. The molecule has 17 heavy (non-hydrogen) atoms. The number of carbonyl (C=O) groups excluding carboxylic acids is 1. The van der Waals surface area contributed by atoms with Gasteiger partial charge in [-0.25, -0.2) is 0 Å². The first-order valence-electron chi connectivity index (χ1n) is 6.20. The predicted molar refractivity (Wildman–Crippen MR) is 67.6 cm³/mol. The summed E-state index contributed by atoms with van der Waals surface area (Å²) >= 11 is 0. The largest absolute Gasteiger partial charge is 0.497 e. The summed E-state index contributed by atoms with van der Waals surface area (Å²) in [5.74, 6) is 0.935. The van der Waals surface area contributed by atoms with E-state index in [1.54, 1.807) is 7.11 Å². The van der Waals surface area contributed by atoms with Crippen molar-refractivity contribution in [3.63, 3.8) is 0 Å². The van der Waals surface area contributed by atoms with Gasteiger partial charge in [-0.15, -0.1) is 0 Å². The number of Topliss-reactive ketones (excluding diaryl/α,β-unsaturated/α-hetero) is 1. The summed E-state index contributed by atoms with van der Waals surface area (Å²) in [4.78, 5) is 11.9. The van der Waals surface area contributed by atoms with Crippen LogP contribution in [0.25, 0.3) is 0 Å². The van der Waals surface area contributed by atoms with Crippen LogP contribution in [0.3, 0.4) is 0 Å². The molecule has 0 saturated heterocycles. The average Bonchev–Trinajstić information content (AvgIpc) is 2.89. The number of methoxy groups -OCH3 is 1. The molecule has 1 aromatic rings. The first kappa shape index (κ1) is 12.1. The highest BCUT2D eigenvalue weighted by Gasteiger charge is 2.15. The first-order chi connectivity index (χ1) is 8.29. The fraction of sp³-hybridized carbons (Fsp3) is 0.500. The zero-order valence-electron chi connectivity index (χ0n) is 10.2.